The van der Waals surface area contributed by atoms with Crippen molar-refractivity contribution in [2.75, 3.05) is 5.32 Å². The molecule has 1 aliphatic carbocycles. The van der Waals surface area contributed by atoms with Crippen LogP contribution in [0, 0.1) is 6.92 Å². The fraction of sp³-hybridized carbons (Fsp3) is 0.148. The van der Waals surface area contributed by atoms with E-state index >= 15 is 0 Å². The highest BCUT2D eigenvalue weighted by Gasteiger charge is 2.16. The minimum atomic E-state index is 0.155. The van der Waals surface area contributed by atoms with Crippen LogP contribution in [-0.4, -0.2) is 20.6 Å². The van der Waals surface area contributed by atoms with Crippen molar-refractivity contribution < 1.29 is 0 Å². The molecule has 2 aromatic carbocycles. The van der Waals surface area contributed by atoms with Crippen molar-refractivity contribution in [3.8, 4) is 17.1 Å². The maximum Gasteiger partial charge on any atom is 0.0900 e. The van der Waals surface area contributed by atoms with Crippen LogP contribution in [0.2, 0.25) is 0 Å². The van der Waals surface area contributed by atoms with Crippen LogP contribution < -0.4 is 10.7 Å². The lowest BCUT2D eigenvalue weighted by molar-refractivity contribution is 0.806. The number of aromatic nitrogens is 3. The fourth-order valence-electron chi connectivity index (χ4n) is 3.96. The Hall–Kier alpha value is -3.99. The number of para-hydroxylation sites is 3. The fourth-order valence-corrected chi connectivity index (χ4v) is 3.96. The molecule has 0 fully saturated rings. The number of rotatable bonds is 4. The summed E-state index contributed by atoms with van der Waals surface area (Å²) < 4.78 is 2.26. The van der Waals surface area contributed by atoms with Gasteiger partial charge in [0.15, 0.2) is 0 Å². The molecule has 158 valence electrons. The van der Waals surface area contributed by atoms with Crippen molar-refractivity contribution >= 4 is 22.4 Å². The van der Waals surface area contributed by atoms with E-state index in [0.29, 0.717) is 0 Å². The topological polar surface area (TPSA) is 55.1 Å². The first-order valence-corrected chi connectivity index (χ1v) is 10.8. The molecule has 0 unspecified atom stereocenters. The average Bonchev–Trinajstić information content (AvgIpc) is 2.78. The summed E-state index contributed by atoms with van der Waals surface area (Å²) in [5.41, 5.74) is 7.97. The Labute approximate surface area is 187 Å². The maximum atomic E-state index is 4.99. The summed E-state index contributed by atoms with van der Waals surface area (Å²) in [5, 5.41) is 4.41. The van der Waals surface area contributed by atoms with Gasteiger partial charge in [-0.25, -0.2) is 4.98 Å². The van der Waals surface area contributed by atoms with Crippen LogP contribution in [0.15, 0.2) is 90.2 Å². The van der Waals surface area contributed by atoms with Crippen molar-refractivity contribution in [2.24, 2.45) is 4.99 Å². The first-order chi connectivity index (χ1) is 15.6. The van der Waals surface area contributed by atoms with Crippen LogP contribution >= 0.6 is 0 Å². The van der Waals surface area contributed by atoms with E-state index in [1.165, 1.54) is 0 Å². The SMILES string of the molecule is Cc1cncc(Nc2cc3nc4ccccc4n(-c4ccccc4)c-3cc2=NC(C)C)c1. The molecule has 5 heteroatoms. The lowest BCUT2D eigenvalue weighted by Crippen LogP contribution is -2.16. The number of benzene rings is 3. The Morgan fingerprint density at radius 3 is 2.47 bits per heavy atom. The van der Waals surface area contributed by atoms with E-state index in [9.17, 15) is 0 Å². The van der Waals surface area contributed by atoms with Crippen molar-refractivity contribution in [2.45, 2.75) is 26.8 Å². The first kappa shape index (κ1) is 19.9. The van der Waals surface area contributed by atoms with E-state index in [1.54, 1.807) is 0 Å². The minimum absolute atomic E-state index is 0.155. The van der Waals surface area contributed by atoms with Crippen molar-refractivity contribution in [3.05, 3.63) is 96.1 Å². The molecule has 0 saturated heterocycles. The number of fused-ring (bicyclic) bond motifs is 2. The standard InChI is InChI=1S/C27H25N5/c1-18(2)29-24-15-27-25(14-23(24)30-20-13-19(3)16-28-17-20)31-22-11-7-8-12-26(22)32(27)21-9-5-4-6-10-21/h4-18,30H,1-3H3. The van der Waals surface area contributed by atoms with Crippen LogP contribution in [0.5, 0.6) is 0 Å². The van der Waals surface area contributed by atoms with Gasteiger partial charge < -0.3 is 9.88 Å². The summed E-state index contributed by atoms with van der Waals surface area (Å²) in [5.74, 6) is 0. The number of aryl methyl sites for hydroxylation is 1. The zero-order chi connectivity index (χ0) is 22.1. The van der Waals surface area contributed by atoms with Gasteiger partial charge in [-0.2, -0.15) is 0 Å². The number of hydrogen-bond acceptors (Lipinski definition) is 4. The molecule has 1 aliphatic heterocycles. The molecule has 3 aromatic rings. The quantitative estimate of drug-likeness (QED) is 0.370. The van der Waals surface area contributed by atoms with Gasteiger partial charge in [0.25, 0.3) is 0 Å². The highest BCUT2D eigenvalue weighted by molar-refractivity contribution is 5.84. The second-order valence-corrected chi connectivity index (χ2v) is 8.23. The van der Waals surface area contributed by atoms with Crippen molar-refractivity contribution in [1.82, 2.24) is 14.5 Å². The number of nitrogens with one attached hydrogen (secondary N) is 1. The number of pyridine rings is 1. The normalized spacial score (nSPS) is 12.1. The molecule has 2 aliphatic rings. The van der Waals surface area contributed by atoms with Crippen molar-refractivity contribution in [1.29, 1.82) is 0 Å². The Morgan fingerprint density at radius 2 is 1.69 bits per heavy atom. The van der Waals surface area contributed by atoms with E-state index in [1.807, 2.05) is 31.5 Å². The predicted octanol–water partition coefficient (Wildman–Crippen LogP) is 5.89. The zero-order valence-electron chi connectivity index (χ0n) is 18.4. The molecule has 0 bridgehead atoms. The summed E-state index contributed by atoms with van der Waals surface area (Å²) in [6.07, 6.45) is 3.68. The van der Waals surface area contributed by atoms with Crippen LogP contribution in [0.25, 0.3) is 28.1 Å². The van der Waals surface area contributed by atoms with Gasteiger partial charge in [0.2, 0.25) is 0 Å². The van der Waals surface area contributed by atoms with Gasteiger partial charge in [0.1, 0.15) is 0 Å². The Balaban J connectivity index is 1.82. The highest BCUT2D eigenvalue weighted by atomic mass is 15.0. The third-order valence-electron chi connectivity index (χ3n) is 5.26. The highest BCUT2D eigenvalue weighted by Crippen LogP contribution is 2.30. The molecular formula is C27H25N5. The van der Waals surface area contributed by atoms with E-state index in [0.717, 1.165) is 50.4 Å². The molecule has 1 aromatic heterocycles. The summed E-state index contributed by atoms with van der Waals surface area (Å²) >= 11 is 0. The third-order valence-corrected chi connectivity index (χ3v) is 5.26. The lowest BCUT2D eigenvalue weighted by Gasteiger charge is -2.20. The van der Waals surface area contributed by atoms with Crippen LogP contribution in [0.3, 0.4) is 0 Å². The van der Waals surface area contributed by atoms with Gasteiger partial charge in [0, 0.05) is 17.9 Å². The molecule has 1 N–H and O–H groups in total. The van der Waals surface area contributed by atoms with E-state index < -0.39 is 0 Å². The maximum absolute atomic E-state index is 4.99. The molecule has 5 rings (SSSR count). The molecule has 2 heterocycles. The molecule has 0 spiro atoms. The summed E-state index contributed by atoms with van der Waals surface area (Å²) in [6, 6.07) is 25.1. The van der Waals surface area contributed by atoms with Crippen LogP contribution in [0.1, 0.15) is 19.4 Å². The summed E-state index contributed by atoms with van der Waals surface area (Å²) in [4.78, 5) is 14.2. The lowest BCUT2D eigenvalue weighted by atomic mass is 10.1. The first-order valence-electron chi connectivity index (χ1n) is 10.8. The monoisotopic (exact) mass is 419 g/mol. The Morgan fingerprint density at radius 1 is 0.906 bits per heavy atom. The van der Waals surface area contributed by atoms with Gasteiger partial charge in [0.05, 0.1) is 45.4 Å². The third kappa shape index (κ3) is 3.85. The molecule has 0 atom stereocenters. The zero-order valence-corrected chi connectivity index (χ0v) is 18.4. The second-order valence-electron chi connectivity index (χ2n) is 8.23. The van der Waals surface area contributed by atoms with E-state index in [-0.39, 0.29) is 6.04 Å². The second kappa shape index (κ2) is 8.27. The van der Waals surface area contributed by atoms with E-state index in [4.69, 9.17) is 9.98 Å². The Bertz CT molecular complexity index is 1430. The predicted molar refractivity (Wildman–Crippen MR) is 131 cm³/mol. The minimum Gasteiger partial charge on any atom is -0.352 e. The smallest absolute Gasteiger partial charge is 0.0900 e. The average molecular weight is 420 g/mol. The van der Waals surface area contributed by atoms with Gasteiger partial charge in [-0.1, -0.05) is 30.3 Å². The van der Waals surface area contributed by atoms with Gasteiger partial charge in [-0.05, 0) is 68.8 Å². The number of anilines is 2. The van der Waals surface area contributed by atoms with Gasteiger partial charge >= 0.3 is 0 Å². The number of hydrogen-bond donors (Lipinski definition) is 1. The molecular weight excluding hydrogens is 394 g/mol. The summed E-state index contributed by atoms with van der Waals surface area (Å²) in [6.45, 7) is 6.21. The van der Waals surface area contributed by atoms with Crippen LogP contribution in [0.4, 0.5) is 11.4 Å². The number of nitrogens with zero attached hydrogens (tertiary/aromatic N) is 4. The van der Waals surface area contributed by atoms with Crippen LogP contribution in [-0.2, 0) is 0 Å². The molecule has 32 heavy (non-hydrogen) atoms. The largest absolute Gasteiger partial charge is 0.352 e. The van der Waals surface area contributed by atoms with Gasteiger partial charge in [-0.3, -0.25) is 9.98 Å². The summed E-state index contributed by atoms with van der Waals surface area (Å²) in [7, 11) is 0. The van der Waals surface area contributed by atoms with E-state index in [2.05, 4.69) is 89.4 Å². The molecule has 0 amide bonds. The molecule has 0 radical (unpaired) electrons. The molecule has 0 saturated carbocycles. The Kier molecular flexibility index (Phi) is 5.15. The van der Waals surface area contributed by atoms with Gasteiger partial charge in [-0.15, -0.1) is 0 Å². The molecule has 5 nitrogen and oxygen atoms in total. The van der Waals surface area contributed by atoms with Crippen molar-refractivity contribution in [3.63, 3.8) is 0 Å².